The smallest absolute Gasteiger partial charge is 0.123 e. The van der Waals surface area contributed by atoms with Crippen molar-refractivity contribution < 1.29 is 4.74 Å². The number of benzene rings is 2. The lowest BCUT2D eigenvalue weighted by molar-refractivity contribution is 0.301. The first kappa shape index (κ1) is 15.9. The van der Waals surface area contributed by atoms with Gasteiger partial charge in [0.1, 0.15) is 12.4 Å². The Bertz CT molecular complexity index is 598. The normalized spacial score (nSPS) is 12.2. The third kappa shape index (κ3) is 3.99. The first-order chi connectivity index (χ1) is 10.2. The van der Waals surface area contributed by atoms with Gasteiger partial charge in [0.05, 0.1) is 0 Å². The van der Waals surface area contributed by atoms with Gasteiger partial charge in [0, 0.05) is 17.1 Å². The molecule has 0 fully saturated rings. The molecule has 0 aromatic heterocycles. The van der Waals surface area contributed by atoms with Gasteiger partial charge in [0.2, 0.25) is 0 Å². The van der Waals surface area contributed by atoms with Crippen LogP contribution < -0.4 is 10.5 Å². The Balaban J connectivity index is 2.13. The summed E-state index contributed by atoms with van der Waals surface area (Å²) in [6.07, 6.45) is 1.09. The van der Waals surface area contributed by atoms with Crippen molar-refractivity contribution in [3.05, 3.63) is 64.2 Å². The standard InChI is InChI=1S/C18H22ClNO/c1-3-13(2)16-6-4-5-7-18(16)21-12-15-9-8-14(11-20)10-17(15)19/h4-10,13H,3,11-12,20H2,1-2H3. The van der Waals surface area contributed by atoms with Crippen LogP contribution in [0.15, 0.2) is 42.5 Å². The summed E-state index contributed by atoms with van der Waals surface area (Å²) < 4.78 is 5.98. The number of hydrogen-bond acceptors (Lipinski definition) is 2. The number of halogens is 1. The molecule has 0 aliphatic carbocycles. The Kier molecular flexibility index (Phi) is 5.66. The molecule has 0 amide bonds. The predicted octanol–water partition coefficient (Wildman–Crippen LogP) is 4.89. The highest BCUT2D eigenvalue weighted by atomic mass is 35.5. The van der Waals surface area contributed by atoms with Crippen molar-refractivity contribution in [1.82, 2.24) is 0 Å². The molecular weight excluding hydrogens is 282 g/mol. The van der Waals surface area contributed by atoms with Crippen molar-refractivity contribution >= 4 is 11.6 Å². The topological polar surface area (TPSA) is 35.2 Å². The second-order valence-corrected chi connectivity index (χ2v) is 5.67. The molecule has 0 bridgehead atoms. The molecule has 3 heteroatoms. The lowest BCUT2D eigenvalue weighted by atomic mass is 9.98. The SMILES string of the molecule is CCC(C)c1ccccc1OCc1ccc(CN)cc1Cl. The minimum atomic E-state index is 0.469. The number of nitrogens with two attached hydrogens (primary N) is 1. The summed E-state index contributed by atoms with van der Waals surface area (Å²) in [4.78, 5) is 0. The minimum absolute atomic E-state index is 0.469. The molecule has 1 unspecified atom stereocenters. The van der Waals surface area contributed by atoms with E-state index in [1.54, 1.807) is 0 Å². The molecule has 2 aromatic carbocycles. The third-order valence-electron chi connectivity index (χ3n) is 3.80. The fourth-order valence-electron chi connectivity index (χ4n) is 2.23. The molecular formula is C18H22ClNO. The molecule has 0 saturated carbocycles. The van der Waals surface area contributed by atoms with Crippen LogP contribution in [0.4, 0.5) is 0 Å². The highest BCUT2D eigenvalue weighted by molar-refractivity contribution is 6.31. The molecule has 2 N–H and O–H groups in total. The van der Waals surface area contributed by atoms with Crippen LogP contribution in [-0.2, 0) is 13.2 Å². The fourth-order valence-corrected chi connectivity index (χ4v) is 2.49. The molecule has 21 heavy (non-hydrogen) atoms. The maximum Gasteiger partial charge on any atom is 0.123 e. The summed E-state index contributed by atoms with van der Waals surface area (Å²) >= 11 is 6.27. The van der Waals surface area contributed by atoms with Gasteiger partial charge >= 0.3 is 0 Å². The van der Waals surface area contributed by atoms with Gasteiger partial charge < -0.3 is 10.5 Å². The van der Waals surface area contributed by atoms with Crippen LogP contribution >= 0.6 is 11.6 Å². The maximum absolute atomic E-state index is 6.27. The van der Waals surface area contributed by atoms with E-state index in [0.717, 1.165) is 23.3 Å². The molecule has 0 heterocycles. The van der Waals surface area contributed by atoms with Crippen LogP contribution in [0.25, 0.3) is 0 Å². The van der Waals surface area contributed by atoms with Crippen LogP contribution in [0, 0.1) is 0 Å². The van der Waals surface area contributed by atoms with Gasteiger partial charge in [-0.25, -0.2) is 0 Å². The quantitative estimate of drug-likeness (QED) is 0.824. The molecule has 0 saturated heterocycles. The van der Waals surface area contributed by atoms with E-state index < -0.39 is 0 Å². The van der Waals surface area contributed by atoms with Gasteiger partial charge in [-0.15, -0.1) is 0 Å². The van der Waals surface area contributed by atoms with Gasteiger partial charge in [0.15, 0.2) is 0 Å². The minimum Gasteiger partial charge on any atom is -0.489 e. The van der Waals surface area contributed by atoms with Crippen molar-refractivity contribution in [3.63, 3.8) is 0 Å². The van der Waals surface area contributed by atoms with Gasteiger partial charge in [-0.3, -0.25) is 0 Å². The Morgan fingerprint density at radius 3 is 2.62 bits per heavy atom. The third-order valence-corrected chi connectivity index (χ3v) is 4.15. The average Bonchev–Trinajstić information content (AvgIpc) is 2.53. The van der Waals surface area contributed by atoms with Crippen LogP contribution in [0.3, 0.4) is 0 Å². The predicted molar refractivity (Wildman–Crippen MR) is 88.8 cm³/mol. The molecule has 112 valence electrons. The first-order valence-corrected chi connectivity index (χ1v) is 7.72. The zero-order valence-electron chi connectivity index (χ0n) is 12.6. The lowest BCUT2D eigenvalue weighted by Gasteiger charge is -2.16. The van der Waals surface area contributed by atoms with Crippen LogP contribution in [0.1, 0.15) is 42.9 Å². The van der Waals surface area contributed by atoms with Gasteiger partial charge in [0.25, 0.3) is 0 Å². The van der Waals surface area contributed by atoms with Gasteiger partial charge in [-0.2, -0.15) is 0 Å². The van der Waals surface area contributed by atoms with E-state index in [-0.39, 0.29) is 0 Å². The van der Waals surface area contributed by atoms with Crippen LogP contribution in [-0.4, -0.2) is 0 Å². The average molecular weight is 304 g/mol. The summed E-state index contributed by atoms with van der Waals surface area (Å²) in [5.41, 5.74) is 8.87. The number of rotatable bonds is 6. The van der Waals surface area contributed by atoms with Crippen LogP contribution in [0.5, 0.6) is 5.75 Å². The lowest BCUT2D eigenvalue weighted by Crippen LogP contribution is -2.02. The second-order valence-electron chi connectivity index (χ2n) is 5.27. The highest BCUT2D eigenvalue weighted by Gasteiger charge is 2.10. The van der Waals surface area contributed by atoms with Gasteiger partial charge in [-0.05, 0) is 35.6 Å². The Hall–Kier alpha value is -1.51. The summed E-state index contributed by atoms with van der Waals surface area (Å²) in [6, 6.07) is 14.1. The maximum atomic E-state index is 6.27. The molecule has 0 radical (unpaired) electrons. The molecule has 0 spiro atoms. The molecule has 0 aliphatic heterocycles. The Morgan fingerprint density at radius 2 is 1.95 bits per heavy atom. The zero-order chi connectivity index (χ0) is 15.2. The van der Waals surface area contributed by atoms with E-state index in [1.807, 2.05) is 30.3 Å². The van der Waals surface area contributed by atoms with Gasteiger partial charge in [-0.1, -0.05) is 55.8 Å². The fraction of sp³-hybridized carbons (Fsp3) is 0.333. The zero-order valence-corrected chi connectivity index (χ0v) is 13.4. The molecule has 1 atom stereocenters. The summed E-state index contributed by atoms with van der Waals surface area (Å²) in [7, 11) is 0. The number of ether oxygens (including phenoxy) is 1. The summed E-state index contributed by atoms with van der Waals surface area (Å²) in [5.74, 6) is 1.42. The number of para-hydroxylation sites is 1. The van der Waals surface area contributed by atoms with E-state index in [1.165, 1.54) is 5.56 Å². The van der Waals surface area contributed by atoms with E-state index in [4.69, 9.17) is 22.1 Å². The van der Waals surface area contributed by atoms with E-state index in [9.17, 15) is 0 Å². The largest absolute Gasteiger partial charge is 0.489 e. The first-order valence-electron chi connectivity index (χ1n) is 7.34. The van der Waals surface area contributed by atoms with Crippen LogP contribution in [0.2, 0.25) is 5.02 Å². The van der Waals surface area contributed by atoms with Crippen molar-refractivity contribution in [2.75, 3.05) is 0 Å². The van der Waals surface area contributed by atoms with Crippen molar-refractivity contribution in [2.45, 2.75) is 39.3 Å². The monoisotopic (exact) mass is 303 g/mol. The summed E-state index contributed by atoms with van der Waals surface area (Å²) in [5, 5.41) is 0.707. The molecule has 2 aromatic rings. The van der Waals surface area contributed by atoms with E-state index in [0.29, 0.717) is 24.1 Å². The summed E-state index contributed by atoms with van der Waals surface area (Å²) in [6.45, 7) is 5.36. The second kappa shape index (κ2) is 7.48. The molecule has 2 nitrogen and oxygen atoms in total. The van der Waals surface area contributed by atoms with E-state index in [2.05, 4.69) is 26.0 Å². The Labute approximate surface area is 131 Å². The molecule has 2 rings (SSSR count). The Morgan fingerprint density at radius 1 is 1.19 bits per heavy atom. The number of hydrogen-bond donors (Lipinski definition) is 1. The van der Waals surface area contributed by atoms with Crippen molar-refractivity contribution in [1.29, 1.82) is 0 Å². The van der Waals surface area contributed by atoms with E-state index >= 15 is 0 Å². The van der Waals surface area contributed by atoms with Crippen molar-refractivity contribution in [3.8, 4) is 5.75 Å². The highest BCUT2D eigenvalue weighted by Crippen LogP contribution is 2.29. The molecule has 0 aliphatic rings. The van der Waals surface area contributed by atoms with Crippen molar-refractivity contribution in [2.24, 2.45) is 5.73 Å².